The highest BCUT2D eigenvalue weighted by Crippen LogP contribution is 2.29. The van der Waals surface area contributed by atoms with Crippen molar-refractivity contribution in [3.63, 3.8) is 0 Å². The summed E-state index contributed by atoms with van der Waals surface area (Å²) in [7, 11) is 0. The average Bonchev–Trinajstić information content (AvgIpc) is 2.95. The van der Waals surface area contributed by atoms with Crippen molar-refractivity contribution in [3.05, 3.63) is 65.2 Å². The van der Waals surface area contributed by atoms with Crippen LogP contribution in [0.2, 0.25) is 0 Å². The molecule has 0 radical (unpaired) electrons. The Balaban J connectivity index is 1.71. The van der Waals surface area contributed by atoms with E-state index in [0.29, 0.717) is 12.1 Å². The van der Waals surface area contributed by atoms with Gasteiger partial charge in [-0.1, -0.05) is 42.5 Å². The predicted octanol–water partition coefficient (Wildman–Crippen LogP) is 4.03. The van der Waals surface area contributed by atoms with Gasteiger partial charge in [0, 0.05) is 18.5 Å². The average molecular weight is 267 g/mol. The molecule has 0 aliphatic carbocycles. The molecule has 0 aromatic heterocycles. The van der Waals surface area contributed by atoms with Crippen molar-refractivity contribution >= 4 is 0 Å². The second-order valence-corrected chi connectivity index (χ2v) is 5.49. The van der Waals surface area contributed by atoms with E-state index in [1.807, 2.05) is 0 Å². The van der Waals surface area contributed by atoms with E-state index in [2.05, 4.69) is 67.7 Å². The Morgan fingerprint density at radius 3 is 2.50 bits per heavy atom. The summed E-state index contributed by atoms with van der Waals surface area (Å²) in [6, 6.07) is 17.8. The lowest BCUT2D eigenvalue weighted by atomic mass is 10.0. The van der Waals surface area contributed by atoms with E-state index in [1.165, 1.54) is 16.7 Å². The van der Waals surface area contributed by atoms with Gasteiger partial charge in [-0.3, -0.25) is 0 Å². The number of nitrogens with one attached hydrogen (secondary N) is 1. The van der Waals surface area contributed by atoms with E-state index in [0.717, 1.165) is 18.8 Å². The van der Waals surface area contributed by atoms with E-state index < -0.39 is 0 Å². The van der Waals surface area contributed by atoms with Crippen molar-refractivity contribution in [1.82, 2.24) is 5.32 Å². The van der Waals surface area contributed by atoms with Crippen molar-refractivity contribution in [2.45, 2.75) is 32.4 Å². The lowest BCUT2D eigenvalue weighted by Crippen LogP contribution is -2.22. The first-order valence-electron chi connectivity index (χ1n) is 7.30. The first-order chi connectivity index (χ1) is 9.74. The van der Waals surface area contributed by atoms with Crippen molar-refractivity contribution in [2.75, 3.05) is 6.61 Å². The molecular weight excluding hydrogens is 246 g/mol. The minimum absolute atomic E-state index is 0.330. The summed E-state index contributed by atoms with van der Waals surface area (Å²) in [4.78, 5) is 0. The molecule has 104 valence electrons. The Kier molecular flexibility index (Phi) is 3.75. The molecule has 2 atom stereocenters. The first kappa shape index (κ1) is 13.2. The van der Waals surface area contributed by atoms with Crippen LogP contribution in [0.1, 0.15) is 42.6 Å². The highest BCUT2D eigenvalue weighted by Gasteiger charge is 2.16. The summed E-state index contributed by atoms with van der Waals surface area (Å²) in [6.07, 6.45) is 1.03. The fourth-order valence-electron chi connectivity index (χ4n) is 2.79. The number of benzene rings is 2. The monoisotopic (exact) mass is 267 g/mol. The maximum Gasteiger partial charge on any atom is 0.122 e. The van der Waals surface area contributed by atoms with Crippen molar-refractivity contribution in [2.24, 2.45) is 0 Å². The van der Waals surface area contributed by atoms with Gasteiger partial charge in [0.05, 0.1) is 6.61 Å². The molecule has 1 aliphatic heterocycles. The molecule has 0 fully saturated rings. The Hall–Kier alpha value is -1.80. The number of hydrogen-bond acceptors (Lipinski definition) is 2. The van der Waals surface area contributed by atoms with Gasteiger partial charge in [-0.05, 0) is 36.6 Å². The quantitative estimate of drug-likeness (QED) is 0.903. The highest BCUT2D eigenvalue weighted by molar-refractivity contribution is 5.40. The van der Waals surface area contributed by atoms with Gasteiger partial charge in [0.1, 0.15) is 5.75 Å². The lowest BCUT2D eigenvalue weighted by molar-refractivity contribution is 0.356. The Labute approximate surface area is 120 Å². The molecule has 0 bridgehead atoms. The van der Waals surface area contributed by atoms with Crippen LogP contribution < -0.4 is 10.1 Å². The summed E-state index contributed by atoms with van der Waals surface area (Å²) in [5.41, 5.74) is 3.99. The van der Waals surface area contributed by atoms with E-state index in [-0.39, 0.29) is 0 Å². The normalized spacial score (nSPS) is 16.3. The summed E-state index contributed by atoms with van der Waals surface area (Å²) in [5, 5.41) is 3.66. The van der Waals surface area contributed by atoms with Crippen LogP contribution in [-0.2, 0) is 6.42 Å². The van der Waals surface area contributed by atoms with Gasteiger partial charge >= 0.3 is 0 Å². The molecule has 1 heterocycles. The summed E-state index contributed by atoms with van der Waals surface area (Å²) >= 11 is 0. The van der Waals surface area contributed by atoms with Crippen molar-refractivity contribution in [1.29, 1.82) is 0 Å². The van der Waals surface area contributed by atoms with Gasteiger partial charge < -0.3 is 10.1 Å². The van der Waals surface area contributed by atoms with E-state index >= 15 is 0 Å². The molecule has 0 amide bonds. The standard InChI is InChI=1S/C18H21NO/c1-13(15-6-4-3-5-7-15)19-14(2)16-8-9-18-17(12-16)10-11-20-18/h3-9,12-14,19H,10-11H2,1-2H3. The summed E-state index contributed by atoms with van der Waals surface area (Å²) in [5.74, 6) is 1.05. The smallest absolute Gasteiger partial charge is 0.122 e. The van der Waals surface area contributed by atoms with Crippen LogP contribution in [0.5, 0.6) is 5.75 Å². The van der Waals surface area contributed by atoms with Crippen molar-refractivity contribution in [3.8, 4) is 5.75 Å². The fourth-order valence-corrected chi connectivity index (χ4v) is 2.79. The van der Waals surface area contributed by atoms with Gasteiger partial charge in [-0.2, -0.15) is 0 Å². The minimum Gasteiger partial charge on any atom is -0.493 e. The molecule has 0 saturated heterocycles. The minimum atomic E-state index is 0.330. The highest BCUT2D eigenvalue weighted by atomic mass is 16.5. The molecule has 0 saturated carbocycles. The molecule has 2 nitrogen and oxygen atoms in total. The van der Waals surface area contributed by atoms with Crippen LogP contribution in [0.25, 0.3) is 0 Å². The van der Waals surface area contributed by atoms with Crippen LogP contribution in [0.3, 0.4) is 0 Å². The Morgan fingerprint density at radius 2 is 1.70 bits per heavy atom. The van der Waals surface area contributed by atoms with Gasteiger partial charge in [-0.25, -0.2) is 0 Å². The predicted molar refractivity (Wildman–Crippen MR) is 82.0 cm³/mol. The number of fused-ring (bicyclic) bond motifs is 1. The molecule has 1 N–H and O–H groups in total. The first-order valence-corrected chi connectivity index (χ1v) is 7.30. The maximum atomic E-state index is 5.56. The number of ether oxygens (including phenoxy) is 1. The number of hydrogen-bond donors (Lipinski definition) is 1. The van der Waals surface area contributed by atoms with Gasteiger partial charge in [0.15, 0.2) is 0 Å². The number of rotatable bonds is 4. The second kappa shape index (κ2) is 5.68. The molecule has 2 heteroatoms. The molecule has 1 aliphatic rings. The van der Waals surface area contributed by atoms with Crippen LogP contribution in [0.15, 0.2) is 48.5 Å². The van der Waals surface area contributed by atoms with E-state index in [9.17, 15) is 0 Å². The van der Waals surface area contributed by atoms with Crippen LogP contribution in [-0.4, -0.2) is 6.61 Å². The van der Waals surface area contributed by atoms with Crippen molar-refractivity contribution < 1.29 is 4.74 Å². The van der Waals surface area contributed by atoms with Crippen LogP contribution >= 0.6 is 0 Å². The second-order valence-electron chi connectivity index (χ2n) is 5.49. The van der Waals surface area contributed by atoms with E-state index in [4.69, 9.17) is 4.74 Å². The maximum absolute atomic E-state index is 5.56. The van der Waals surface area contributed by atoms with E-state index in [1.54, 1.807) is 0 Å². The summed E-state index contributed by atoms with van der Waals surface area (Å²) in [6.45, 7) is 5.25. The third-order valence-electron chi connectivity index (χ3n) is 4.01. The summed E-state index contributed by atoms with van der Waals surface area (Å²) < 4.78 is 5.56. The zero-order valence-corrected chi connectivity index (χ0v) is 12.1. The molecule has 20 heavy (non-hydrogen) atoms. The lowest BCUT2D eigenvalue weighted by Gasteiger charge is -2.21. The largest absolute Gasteiger partial charge is 0.493 e. The van der Waals surface area contributed by atoms with Gasteiger partial charge in [-0.15, -0.1) is 0 Å². The van der Waals surface area contributed by atoms with Gasteiger partial charge in [0.25, 0.3) is 0 Å². The molecule has 2 unspecified atom stereocenters. The zero-order valence-electron chi connectivity index (χ0n) is 12.1. The third kappa shape index (κ3) is 2.70. The topological polar surface area (TPSA) is 21.3 Å². The fraction of sp³-hybridized carbons (Fsp3) is 0.333. The van der Waals surface area contributed by atoms with Gasteiger partial charge in [0.2, 0.25) is 0 Å². The van der Waals surface area contributed by atoms with Crippen LogP contribution in [0, 0.1) is 0 Å². The molecule has 2 aromatic rings. The Bertz CT molecular complexity index is 579. The molecule has 2 aromatic carbocycles. The zero-order chi connectivity index (χ0) is 13.9. The SMILES string of the molecule is CC(NC(C)c1ccc2c(c1)CCO2)c1ccccc1. The van der Waals surface area contributed by atoms with Crippen LogP contribution in [0.4, 0.5) is 0 Å². The Morgan fingerprint density at radius 1 is 0.950 bits per heavy atom. The molecule has 3 rings (SSSR count). The third-order valence-corrected chi connectivity index (χ3v) is 4.01. The molecule has 0 spiro atoms. The molecular formula is C18H21NO.